The third kappa shape index (κ3) is 4.86. The van der Waals surface area contributed by atoms with Crippen molar-refractivity contribution in [3.63, 3.8) is 0 Å². The topological polar surface area (TPSA) is 93.1 Å². The van der Waals surface area contributed by atoms with Crippen LogP contribution in [-0.4, -0.2) is 35.5 Å². The Balaban J connectivity index is 1.81. The average molecular weight is 486 g/mol. The third-order valence-electron chi connectivity index (χ3n) is 5.70. The number of esters is 1. The molecule has 1 aliphatic rings. The number of carbonyl (C=O) groups excluding carboxylic acids is 3. The number of benzene rings is 3. The number of rotatable bonds is 7. The summed E-state index contributed by atoms with van der Waals surface area (Å²) >= 11 is 0. The zero-order valence-corrected chi connectivity index (χ0v) is 20.3. The highest BCUT2D eigenvalue weighted by Gasteiger charge is 2.47. The summed E-state index contributed by atoms with van der Waals surface area (Å²) in [6.45, 7) is 5.81. The van der Waals surface area contributed by atoms with Crippen LogP contribution in [0.1, 0.15) is 48.3 Å². The SMILES string of the molecule is CCOc1cccc(/C(O)=C2\C(=O)C(=O)N(c3ccc(C(=O)OC(C)C)cc3)C2c2ccccc2)c1. The Bertz CT molecular complexity index is 1310. The van der Waals surface area contributed by atoms with E-state index in [0.29, 0.717) is 34.7 Å². The number of nitrogens with zero attached hydrogens (tertiary/aromatic N) is 1. The van der Waals surface area contributed by atoms with Crippen molar-refractivity contribution < 1.29 is 29.0 Å². The molecule has 1 fully saturated rings. The van der Waals surface area contributed by atoms with E-state index in [-0.39, 0.29) is 17.4 Å². The van der Waals surface area contributed by atoms with Crippen molar-refractivity contribution in [2.75, 3.05) is 11.5 Å². The van der Waals surface area contributed by atoms with Gasteiger partial charge in [-0.05, 0) is 62.7 Å². The van der Waals surface area contributed by atoms with Crippen LogP contribution in [0.5, 0.6) is 5.75 Å². The lowest BCUT2D eigenvalue weighted by molar-refractivity contribution is -0.132. The first-order valence-corrected chi connectivity index (χ1v) is 11.7. The Kier molecular flexibility index (Phi) is 7.20. The third-order valence-corrected chi connectivity index (χ3v) is 5.70. The molecule has 1 N–H and O–H groups in total. The molecule has 0 aromatic heterocycles. The molecule has 0 radical (unpaired) electrons. The Hall–Kier alpha value is -4.39. The minimum absolute atomic E-state index is 0.0249. The van der Waals surface area contributed by atoms with Crippen LogP contribution >= 0.6 is 0 Å². The minimum Gasteiger partial charge on any atom is -0.507 e. The van der Waals surface area contributed by atoms with Gasteiger partial charge in [-0.25, -0.2) is 4.79 Å². The number of ether oxygens (including phenoxy) is 2. The van der Waals surface area contributed by atoms with E-state index >= 15 is 0 Å². The van der Waals surface area contributed by atoms with Gasteiger partial charge in [-0.2, -0.15) is 0 Å². The number of ketones is 1. The van der Waals surface area contributed by atoms with Crippen molar-refractivity contribution in [1.29, 1.82) is 0 Å². The van der Waals surface area contributed by atoms with Gasteiger partial charge in [0, 0.05) is 11.3 Å². The Morgan fingerprint density at radius 3 is 2.28 bits per heavy atom. The van der Waals surface area contributed by atoms with E-state index in [1.165, 1.54) is 4.90 Å². The monoisotopic (exact) mass is 485 g/mol. The summed E-state index contributed by atoms with van der Waals surface area (Å²) in [4.78, 5) is 40.2. The fourth-order valence-corrected chi connectivity index (χ4v) is 4.15. The van der Waals surface area contributed by atoms with Gasteiger partial charge in [0.1, 0.15) is 11.5 Å². The van der Waals surface area contributed by atoms with Crippen LogP contribution in [0.3, 0.4) is 0 Å². The number of hydrogen-bond donors (Lipinski definition) is 1. The van der Waals surface area contributed by atoms with Crippen LogP contribution in [0.15, 0.2) is 84.4 Å². The molecule has 1 unspecified atom stereocenters. The molecule has 1 aliphatic heterocycles. The van der Waals surface area contributed by atoms with Gasteiger partial charge in [-0.15, -0.1) is 0 Å². The smallest absolute Gasteiger partial charge is 0.338 e. The average Bonchev–Trinajstić information content (AvgIpc) is 3.14. The number of carbonyl (C=O) groups is 3. The highest BCUT2D eigenvalue weighted by Crippen LogP contribution is 2.42. The predicted molar refractivity (Wildman–Crippen MR) is 136 cm³/mol. The van der Waals surface area contributed by atoms with E-state index in [1.807, 2.05) is 13.0 Å². The second-order valence-electron chi connectivity index (χ2n) is 8.54. The molecule has 0 bridgehead atoms. The molecule has 0 spiro atoms. The highest BCUT2D eigenvalue weighted by atomic mass is 16.5. The molecule has 0 aliphatic carbocycles. The minimum atomic E-state index is -0.865. The van der Waals surface area contributed by atoms with E-state index < -0.39 is 23.7 Å². The van der Waals surface area contributed by atoms with E-state index in [2.05, 4.69) is 0 Å². The Morgan fingerprint density at radius 2 is 1.64 bits per heavy atom. The van der Waals surface area contributed by atoms with Crippen molar-refractivity contribution in [2.45, 2.75) is 32.9 Å². The van der Waals surface area contributed by atoms with Crippen molar-refractivity contribution in [3.8, 4) is 5.75 Å². The van der Waals surface area contributed by atoms with Crippen molar-refractivity contribution in [3.05, 3.63) is 101 Å². The summed E-state index contributed by atoms with van der Waals surface area (Å²) in [7, 11) is 0. The van der Waals surface area contributed by atoms with Gasteiger partial charge in [0.15, 0.2) is 0 Å². The first-order valence-electron chi connectivity index (χ1n) is 11.7. The molecule has 7 nitrogen and oxygen atoms in total. The normalized spacial score (nSPS) is 16.9. The van der Waals surface area contributed by atoms with Gasteiger partial charge in [0.05, 0.1) is 29.9 Å². The van der Waals surface area contributed by atoms with Gasteiger partial charge < -0.3 is 14.6 Å². The van der Waals surface area contributed by atoms with Gasteiger partial charge in [0.25, 0.3) is 11.7 Å². The molecule has 36 heavy (non-hydrogen) atoms. The fourth-order valence-electron chi connectivity index (χ4n) is 4.15. The van der Waals surface area contributed by atoms with E-state index in [0.717, 1.165) is 0 Å². The lowest BCUT2D eigenvalue weighted by Gasteiger charge is -2.25. The molecular weight excluding hydrogens is 458 g/mol. The molecule has 1 amide bonds. The lowest BCUT2D eigenvalue weighted by atomic mass is 9.95. The maximum Gasteiger partial charge on any atom is 0.338 e. The van der Waals surface area contributed by atoms with Crippen LogP contribution in [0.4, 0.5) is 5.69 Å². The molecule has 7 heteroatoms. The van der Waals surface area contributed by atoms with E-state index in [4.69, 9.17) is 9.47 Å². The van der Waals surface area contributed by atoms with Gasteiger partial charge in [-0.3, -0.25) is 14.5 Å². The molecule has 0 saturated carbocycles. The number of amides is 1. The van der Waals surface area contributed by atoms with Gasteiger partial charge in [-0.1, -0.05) is 42.5 Å². The zero-order chi connectivity index (χ0) is 25.8. The van der Waals surface area contributed by atoms with Crippen molar-refractivity contribution >= 4 is 29.1 Å². The Labute approximate surface area is 209 Å². The summed E-state index contributed by atoms with van der Waals surface area (Å²) in [5, 5.41) is 11.3. The number of aliphatic hydroxyl groups excluding tert-OH is 1. The molecule has 3 aromatic rings. The summed E-state index contributed by atoms with van der Waals surface area (Å²) in [5.41, 5.74) is 1.74. The summed E-state index contributed by atoms with van der Waals surface area (Å²) in [6.07, 6.45) is -0.269. The lowest BCUT2D eigenvalue weighted by Crippen LogP contribution is -2.29. The largest absolute Gasteiger partial charge is 0.507 e. The number of aliphatic hydroxyl groups is 1. The second-order valence-corrected chi connectivity index (χ2v) is 8.54. The zero-order valence-electron chi connectivity index (χ0n) is 20.3. The number of Topliss-reactive ketones (excluding diaryl/α,β-unsaturated/α-hetero) is 1. The van der Waals surface area contributed by atoms with Crippen LogP contribution < -0.4 is 9.64 Å². The molecule has 1 saturated heterocycles. The molecule has 184 valence electrons. The highest BCUT2D eigenvalue weighted by molar-refractivity contribution is 6.51. The van der Waals surface area contributed by atoms with Crippen LogP contribution in [-0.2, 0) is 14.3 Å². The molecule has 3 aromatic carbocycles. The van der Waals surface area contributed by atoms with Gasteiger partial charge in [0.2, 0.25) is 0 Å². The van der Waals surface area contributed by atoms with Gasteiger partial charge >= 0.3 is 5.97 Å². The first kappa shape index (κ1) is 24.7. The molecular formula is C29H27NO6. The fraction of sp³-hybridized carbons (Fsp3) is 0.207. The first-order chi connectivity index (χ1) is 17.3. The predicted octanol–water partition coefficient (Wildman–Crippen LogP) is 5.28. The van der Waals surface area contributed by atoms with Crippen molar-refractivity contribution in [1.82, 2.24) is 0 Å². The summed E-state index contributed by atoms with van der Waals surface area (Å²) < 4.78 is 10.8. The van der Waals surface area contributed by atoms with E-state index in [9.17, 15) is 19.5 Å². The number of hydrogen-bond acceptors (Lipinski definition) is 6. The molecule has 4 rings (SSSR count). The van der Waals surface area contributed by atoms with Crippen LogP contribution in [0.2, 0.25) is 0 Å². The van der Waals surface area contributed by atoms with Crippen LogP contribution in [0.25, 0.3) is 5.76 Å². The summed E-state index contributed by atoms with van der Waals surface area (Å²) in [5.74, 6) is -1.80. The second kappa shape index (κ2) is 10.5. The maximum atomic E-state index is 13.3. The van der Waals surface area contributed by atoms with Crippen LogP contribution in [0, 0.1) is 0 Å². The number of anilines is 1. The molecule has 1 atom stereocenters. The molecule has 1 heterocycles. The summed E-state index contributed by atoms with van der Waals surface area (Å²) in [6, 6.07) is 21.2. The van der Waals surface area contributed by atoms with E-state index in [1.54, 1.807) is 86.6 Å². The standard InChI is InChI=1S/C29H27NO6/c1-4-35-23-12-8-11-21(17-23)26(31)24-25(19-9-6-5-7-10-19)30(28(33)27(24)32)22-15-13-20(14-16-22)29(34)36-18(2)3/h5-18,25,31H,4H2,1-3H3/b26-24+. The maximum absolute atomic E-state index is 13.3. The quantitative estimate of drug-likeness (QED) is 0.212. The van der Waals surface area contributed by atoms with Crippen molar-refractivity contribution in [2.24, 2.45) is 0 Å². The Morgan fingerprint density at radius 1 is 0.944 bits per heavy atom.